The Kier molecular flexibility index (Phi) is 3.39. The lowest BCUT2D eigenvalue weighted by Crippen LogP contribution is -2.02. The molecule has 3 nitrogen and oxygen atoms in total. The number of benzene rings is 3. The number of fused-ring (bicyclic) bond motifs is 2. The smallest absolute Gasteiger partial charge is 0.0914 e. The molecule has 1 aliphatic heterocycles. The van der Waals surface area contributed by atoms with Crippen molar-refractivity contribution >= 4 is 17.1 Å². The van der Waals surface area contributed by atoms with Gasteiger partial charge in [-0.1, -0.05) is 48.5 Å². The lowest BCUT2D eigenvalue weighted by Gasteiger charge is -2.13. The van der Waals surface area contributed by atoms with Gasteiger partial charge in [0.15, 0.2) is 0 Å². The molecule has 0 amide bonds. The second kappa shape index (κ2) is 5.69. The van der Waals surface area contributed by atoms with Crippen LogP contribution in [0.2, 0.25) is 0 Å². The summed E-state index contributed by atoms with van der Waals surface area (Å²) < 4.78 is 0. The molecule has 0 atom stereocenters. The van der Waals surface area contributed by atoms with Gasteiger partial charge in [0.05, 0.1) is 11.4 Å². The first-order valence-electron chi connectivity index (χ1n) is 7.74. The van der Waals surface area contributed by atoms with Gasteiger partial charge in [-0.25, -0.2) is 0 Å². The Labute approximate surface area is 135 Å². The van der Waals surface area contributed by atoms with Crippen molar-refractivity contribution in [3.8, 4) is 0 Å². The van der Waals surface area contributed by atoms with Crippen molar-refractivity contribution in [3.63, 3.8) is 0 Å². The van der Waals surface area contributed by atoms with Crippen LogP contribution in [-0.2, 0) is 12.8 Å². The fraction of sp³-hybridized carbons (Fsp3) is 0.100. The molecule has 0 aliphatic carbocycles. The Morgan fingerprint density at radius 2 is 1.61 bits per heavy atom. The Morgan fingerprint density at radius 3 is 2.48 bits per heavy atom. The highest BCUT2D eigenvalue weighted by Gasteiger charge is 2.13. The van der Waals surface area contributed by atoms with Gasteiger partial charge in [-0.15, -0.1) is 0 Å². The normalized spacial score (nSPS) is 11.8. The number of nitrogen functional groups attached to an aromatic ring is 1. The van der Waals surface area contributed by atoms with E-state index in [0.717, 1.165) is 29.9 Å². The van der Waals surface area contributed by atoms with E-state index in [1.54, 1.807) is 0 Å². The minimum atomic E-state index is 0.821. The van der Waals surface area contributed by atoms with Crippen molar-refractivity contribution in [2.75, 3.05) is 5.73 Å². The number of rotatable bonds is 4. The lowest BCUT2D eigenvalue weighted by atomic mass is 9.93. The van der Waals surface area contributed by atoms with Crippen LogP contribution in [0.15, 0.2) is 77.0 Å². The predicted molar refractivity (Wildman–Crippen MR) is 93.5 cm³/mol. The summed E-state index contributed by atoms with van der Waals surface area (Å²) >= 11 is 0. The molecule has 4 rings (SSSR count). The number of hydrogen-bond donors (Lipinski definition) is 1. The molecule has 3 aromatic carbocycles. The predicted octanol–water partition coefficient (Wildman–Crippen LogP) is 5.18. The van der Waals surface area contributed by atoms with Crippen molar-refractivity contribution < 1.29 is 0 Å². The average Bonchev–Trinajstić information content (AvgIpc) is 2.97. The van der Waals surface area contributed by atoms with Crippen LogP contribution in [0.25, 0.3) is 0 Å². The van der Waals surface area contributed by atoms with Gasteiger partial charge in [0.1, 0.15) is 0 Å². The Bertz CT molecular complexity index is 883. The first-order valence-corrected chi connectivity index (χ1v) is 7.74. The number of azo groups is 1. The average molecular weight is 299 g/mol. The summed E-state index contributed by atoms with van der Waals surface area (Å²) in [5.41, 5.74) is 13.9. The first kappa shape index (κ1) is 13.7. The third-order valence-electron chi connectivity index (χ3n) is 4.26. The van der Waals surface area contributed by atoms with E-state index < -0.39 is 0 Å². The molecule has 2 N–H and O–H groups in total. The largest absolute Gasteiger partial charge is 0.398 e. The SMILES string of the molecule is Nc1cccc(Cc2ccc3cc2N=N3)c1Cc1ccccc1. The van der Waals surface area contributed by atoms with E-state index in [1.165, 1.54) is 22.3 Å². The molecule has 0 aromatic heterocycles. The Hall–Kier alpha value is -2.94. The zero-order valence-electron chi connectivity index (χ0n) is 12.7. The summed E-state index contributed by atoms with van der Waals surface area (Å²) in [7, 11) is 0. The van der Waals surface area contributed by atoms with Crippen LogP contribution in [0.5, 0.6) is 0 Å². The molecule has 2 bridgehead atoms. The van der Waals surface area contributed by atoms with Gasteiger partial charge >= 0.3 is 0 Å². The van der Waals surface area contributed by atoms with Gasteiger partial charge in [-0.2, -0.15) is 10.2 Å². The van der Waals surface area contributed by atoms with Gasteiger partial charge in [0, 0.05) is 5.69 Å². The van der Waals surface area contributed by atoms with E-state index in [0.29, 0.717) is 0 Å². The van der Waals surface area contributed by atoms with Crippen LogP contribution in [0.4, 0.5) is 17.1 Å². The highest BCUT2D eigenvalue weighted by atomic mass is 15.1. The van der Waals surface area contributed by atoms with Gasteiger partial charge in [-0.3, -0.25) is 0 Å². The van der Waals surface area contributed by atoms with Gasteiger partial charge < -0.3 is 5.73 Å². The zero-order valence-corrected chi connectivity index (χ0v) is 12.7. The van der Waals surface area contributed by atoms with Gasteiger partial charge in [0.2, 0.25) is 0 Å². The monoisotopic (exact) mass is 299 g/mol. The molecule has 3 aromatic rings. The molecule has 112 valence electrons. The molecule has 0 saturated heterocycles. The molecule has 0 saturated carbocycles. The topological polar surface area (TPSA) is 50.7 Å². The van der Waals surface area contributed by atoms with E-state index >= 15 is 0 Å². The van der Waals surface area contributed by atoms with Crippen LogP contribution in [0.1, 0.15) is 22.3 Å². The van der Waals surface area contributed by atoms with E-state index in [4.69, 9.17) is 5.73 Å². The van der Waals surface area contributed by atoms with Crippen molar-refractivity contribution in [2.45, 2.75) is 12.8 Å². The van der Waals surface area contributed by atoms with Crippen molar-refractivity contribution in [3.05, 3.63) is 89.0 Å². The molecule has 0 fully saturated rings. The van der Waals surface area contributed by atoms with Crippen LogP contribution in [-0.4, -0.2) is 0 Å². The van der Waals surface area contributed by atoms with Crippen LogP contribution < -0.4 is 5.73 Å². The summed E-state index contributed by atoms with van der Waals surface area (Å²) in [5.74, 6) is 0. The molecule has 0 radical (unpaired) electrons. The minimum absolute atomic E-state index is 0.821. The summed E-state index contributed by atoms with van der Waals surface area (Å²) in [4.78, 5) is 0. The Balaban J connectivity index is 1.69. The summed E-state index contributed by atoms with van der Waals surface area (Å²) in [5, 5.41) is 8.34. The summed E-state index contributed by atoms with van der Waals surface area (Å²) in [6.07, 6.45) is 1.67. The number of hydrogen-bond acceptors (Lipinski definition) is 3. The van der Waals surface area contributed by atoms with E-state index in [2.05, 4.69) is 46.6 Å². The number of nitrogens with zero attached hydrogens (tertiary/aromatic N) is 2. The molecular weight excluding hydrogens is 282 g/mol. The lowest BCUT2D eigenvalue weighted by molar-refractivity contribution is 1.09. The van der Waals surface area contributed by atoms with Crippen LogP contribution >= 0.6 is 0 Å². The maximum Gasteiger partial charge on any atom is 0.0914 e. The van der Waals surface area contributed by atoms with Crippen LogP contribution in [0, 0.1) is 0 Å². The highest BCUT2D eigenvalue weighted by Crippen LogP contribution is 2.35. The molecule has 1 heterocycles. The summed E-state index contributed by atoms with van der Waals surface area (Å²) in [6.45, 7) is 0. The van der Waals surface area contributed by atoms with Crippen molar-refractivity contribution in [1.82, 2.24) is 0 Å². The van der Waals surface area contributed by atoms with E-state index in [-0.39, 0.29) is 0 Å². The standard InChI is InChI=1S/C20H17N3/c21-19-8-4-7-15(18(19)11-14-5-2-1-3-6-14)12-16-9-10-17-13-20(16)23-22-17/h1-10,13H,11-12,21H2. The number of anilines is 1. The highest BCUT2D eigenvalue weighted by molar-refractivity contribution is 5.61. The molecule has 0 unspecified atom stereocenters. The quantitative estimate of drug-likeness (QED) is 0.519. The Morgan fingerprint density at radius 1 is 0.739 bits per heavy atom. The number of nitrogens with two attached hydrogens (primary N) is 1. The third kappa shape index (κ3) is 2.73. The van der Waals surface area contributed by atoms with Crippen molar-refractivity contribution in [1.29, 1.82) is 0 Å². The minimum Gasteiger partial charge on any atom is -0.398 e. The molecule has 0 spiro atoms. The third-order valence-corrected chi connectivity index (χ3v) is 4.26. The maximum absolute atomic E-state index is 6.26. The molecule has 3 heteroatoms. The second-order valence-electron chi connectivity index (χ2n) is 5.84. The second-order valence-corrected chi connectivity index (χ2v) is 5.84. The van der Waals surface area contributed by atoms with Gasteiger partial charge in [0.25, 0.3) is 0 Å². The maximum atomic E-state index is 6.26. The van der Waals surface area contributed by atoms with Gasteiger partial charge in [-0.05, 0) is 53.3 Å². The van der Waals surface area contributed by atoms with E-state index in [1.807, 2.05) is 30.3 Å². The zero-order chi connectivity index (χ0) is 15.6. The molecule has 23 heavy (non-hydrogen) atoms. The fourth-order valence-electron chi connectivity index (χ4n) is 3.01. The fourth-order valence-corrected chi connectivity index (χ4v) is 3.01. The molecular formula is C20H17N3. The van der Waals surface area contributed by atoms with Crippen LogP contribution in [0.3, 0.4) is 0 Å². The first-order chi connectivity index (χ1) is 11.3. The van der Waals surface area contributed by atoms with E-state index in [9.17, 15) is 0 Å². The van der Waals surface area contributed by atoms with Crippen molar-refractivity contribution in [2.24, 2.45) is 10.2 Å². The summed E-state index contributed by atoms with van der Waals surface area (Å²) in [6, 6.07) is 22.7. The molecule has 1 aliphatic rings.